The minimum atomic E-state index is -4.47. The highest BCUT2D eigenvalue weighted by molar-refractivity contribution is 6.18. The van der Waals surface area contributed by atoms with Crippen LogP contribution in [-0.4, -0.2) is 16.8 Å². The van der Waals surface area contributed by atoms with Crippen LogP contribution in [0.5, 0.6) is 0 Å². The van der Waals surface area contributed by atoms with Crippen molar-refractivity contribution >= 4 is 17.4 Å². The van der Waals surface area contributed by atoms with Crippen LogP contribution in [0.3, 0.4) is 0 Å². The first-order valence-corrected chi connectivity index (χ1v) is 5.14. The van der Waals surface area contributed by atoms with Gasteiger partial charge in [-0.1, -0.05) is 6.07 Å². The second-order valence-electron chi connectivity index (χ2n) is 3.63. The van der Waals surface area contributed by atoms with E-state index in [1.54, 1.807) is 0 Å². The molecule has 0 heterocycles. The number of aliphatic imine (C=N–C) groups is 1. The molecule has 0 bridgehead atoms. The Balaban J connectivity index is 3.16. The Morgan fingerprint density at radius 1 is 1.42 bits per heavy atom. The Morgan fingerprint density at radius 3 is 2.53 bits per heavy atom. The average Bonchev–Trinajstić information content (AvgIpc) is 2.28. The van der Waals surface area contributed by atoms with Gasteiger partial charge in [-0.3, -0.25) is 4.99 Å². The van der Waals surface area contributed by atoms with Gasteiger partial charge in [0.15, 0.2) is 0 Å². The minimum Gasteiger partial charge on any atom is -0.478 e. The molecular formula is C12H11F3N2O2. The molecule has 0 radical (unpaired) electrons. The van der Waals surface area contributed by atoms with Gasteiger partial charge in [0.1, 0.15) is 0 Å². The molecule has 0 fully saturated rings. The molecule has 4 nitrogen and oxygen atoms in total. The van der Waals surface area contributed by atoms with Gasteiger partial charge >= 0.3 is 12.1 Å². The third kappa shape index (κ3) is 3.84. The summed E-state index contributed by atoms with van der Waals surface area (Å²) in [4.78, 5) is 14.6. The molecule has 1 rings (SSSR count). The van der Waals surface area contributed by atoms with Gasteiger partial charge < -0.3 is 10.8 Å². The standard InChI is InChI=1S/C12H11F3N2O2/c1-7(10(6-16)11(18)19)17-9-4-2-3-8(5-9)12(13,14)15/h2-6H,16H2,1H3,(H,18,19). The lowest BCUT2D eigenvalue weighted by atomic mass is 10.1. The van der Waals surface area contributed by atoms with Gasteiger partial charge in [0.25, 0.3) is 0 Å². The number of benzene rings is 1. The Labute approximate surface area is 107 Å². The summed E-state index contributed by atoms with van der Waals surface area (Å²) in [6.45, 7) is 1.35. The molecule has 0 aliphatic carbocycles. The van der Waals surface area contributed by atoms with Crippen molar-refractivity contribution in [1.82, 2.24) is 0 Å². The van der Waals surface area contributed by atoms with Crippen molar-refractivity contribution in [1.29, 1.82) is 0 Å². The molecule has 0 spiro atoms. The van der Waals surface area contributed by atoms with E-state index < -0.39 is 17.7 Å². The first kappa shape index (κ1) is 14.7. The van der Waals surface area contributed by atoms with Crippen LogP contribution in [0, 0.1) is 0 Å². The number of nitrogens with zero attached hydrogens (tertiary/aromatic N) is 1. The number of hydrogen-bond acceptors (Lipinski definition) is 3. The van der Waals surface area contributed by atoms with Gasteiger partial charge in [0.2, 0.25) is 0 Å². The summed E-state index contributed by atoms with van der Waals surface area (Å²) in [5.74, 6) is -1.30. The lowest BCUT2D eigenvalue weighted by Crippen LogP contribution is -2.11. The van der Waals surface area contributed by atoms with Gasteiger partial charge in [0.05, 0.1) is 22.5 Å². The van der Waals surface area contributed by atoms with Crippen LogP contribution in [0.2, 0.25) is 0 Å². The Kier molecular flexibility index (Phi) is 4.31. The zero-order valence-corrected chi connectivity index (χ0v) is 9.90. The zero-order chi connectivity index (χ0) is 14.6. The highest BCUT2D eigenvalue weighted by Gasteiger charge is 2.30. The average molecular weight is 272 g/mol. The molecule has 0 aliphatic heterocycles. The molecule has 3 N–H and O–H groups in total. The predicted octanol–water partition coefficient (Wildman–Crippen LogP) is 2.73. The summed E-state index contributed by atoms with van der Waals surface area (Å²) in [5.41, 5.74) is 4.04. The third-order valence-corrected chi connectivity index (χ3v) is 2.26. The van der Waals surface area contributed by atoms with E-state index in [9.17, 15) is 18.0 Å². The van der Waals surface area contributed by atoms with Crippen LogP contribution in [0.1, 0.15) is 12.5 Å². The van der Waals surface area contributed by atoms with Crippen LogP contribution in [0.25, 0.3) is 0 Å². The van der Waals surface area contributed by atoms with Crippen molar-refractivity contribution in [2.24, 2.45) is 10.7 Å². The largest absolute Gasteiger partial charge is 0.478 e. The predicted molar refractivity (Wildman–Crippen MR) is 64.1 cm³/mol. The Bertz CT molecular complexity index is 548. The highest BCUT2D eigenvalue weighted by atomic mass is 19.4. The van der Waals surface area contributed by atoms with Crippen LogP contribution in [0.15, 0.2) is 41.0 Å². The first-order chi connectivity index (χ1) is 8.75. The summed E-state index contributed by atoms with van der Waals surface area (Å²) in [7, 11) is 0. The van der Waals surface area contributed by atoms with Crippen molar-refractivity contribution in [2.45, 2.75) is 13.1 Å². The molecule has 1 aromatic carbocycles. The maximum atomic E-state index is 12.5. The molecular weight excluding hydrogens is 261 g/mol. The second-order valence-corrected chi connectivity index (χ2v) is 3.63. The van der Waals surface area contributed by atoms with Crippen LogP contribution in [-0.2, 0) is 11.0 Å². The Hall–Kier alpha value is -2.31. The van der Waals surface area contributed by atoms with Crippen molar-refractivity contribution < 1.29 is 23.1 Å². The molecule has 0 atom stereocenters. The molecule has 0 aromatic heterocycles. The number of carboxylic acid groups (broad SMARTS) is 1. The molecule has 0 unspecified atom stereocenters. The molecule has 0 saturated carbocycles. The summed E-state index contributed by atoms with van der Waals surface area (Å²) < 4.78 is 37.5. The van der Waals surface area contributed by atoms with E-state index >= 15 is 0 Å². The van der Waals surface area contributed by atoms with Crippen LogP contribution >= 0.6 is 0 Å². The molecule has 1 aromatic rings. The summed E-state index contributed by atoms with van der Waals surface area (Å²) in [6, 6.07) is 4.28. The fraction of sp³-hybridized carbons (Fsp3) is 0.167. The molecule has 102 valence electrons. The van der Waals surface area contributed by atoms with E-state index in [0.29, 0.717) is 0 Å². The topological polar surface area (TPSA) is 75.7 Å². The molecule has 7 heteroatoms. The van der Waals surface area contributed by atoms with E-state index in [1.165, 1.54) is 19.1 Å². The number of halogens is 3. The van der Waals surface area contributed by atoms with Gasteiger partial charge in [0, 0.05) is 6.20 Å². The number of aliphatic carboxylic acids is 1. The van der Waals surface area contributed by atoms with E-state index in [4.69, 9.17) is 10.8 Å². The number of carbonyl (C=O) groups is 1. The number of hydrogen-bond donors (Lipinski definition) is 2. The van der Waals surface area contributed by atoms with Crippen molar-refractivity contribution in [2.75, 3.05) is 0 Å². The monoisotopic (exact) mass is 272 g/mol. The molecule has 19 heavy (non-hydrogen) atoms. The SMILES string of the molecule is CC(=Nc1cccc(C(F)(F)F)c1)C(=CN)C(=O)O. The summed E-state index contributed by atoms with van der Waals surface area (Å²) in [6.07, 6.45) is -3.63. The first-order valence-electron chi connectivity index (χ1n) is 5.14. The number of carboxylic acids is 1. The van der Waals surface area contributed by atoms with Crippen molar-refractivity contribution in [3.8, 4) is 0 Å². The fourth-order valence-corrected chi connectivity index (χ4v) is 1.35. The van der Waals surface area contributed by atoms with Crippen molar-refractivity contribution in [3.05, 3.63) is 41.6 Å². The number of nitrogens with two attached hydrogens (primary N) is 1. The lowest BCUT2D eigenvalue weighted by Gasteiger charge is -2.07. The highest BCUT2D eigenvalue weighted by Crippen LogP contribution is 2.31. The third-order valence-electron chi connectivity index (χ3n) is 2.26. The zero-order valence-electron chi connectivity index (χ0n) is 9.90. The van der Waals surface area contributed by atoms with Gasteiger partial charge in [-0.2, -0.15) is 13.2 Å². The van der Waals surface area contributed by atoms with Crippen LogP contribution < -0.4 is 5.73 Å². The fourth-order valence-electron chi connectivity index (χ4n) is 1.35. The quantitative estimate of drug-likeness (QED) is 0.656. The van der Waals surface area contributed by atoms with Gasteiger partial charge in [-0.15, -0.1) is 0 Å². The van der Waals surface area contributed by atoms with E-state index in [-0.39, 0.29) is 17.0 Å². The maximum absolute atomic E-state index is 12.5. The van der Waals surface area contributed by atoms with E-state index in [2.05, 4.69) is 4.99 Å². The maximum Gasteiger partial charge on any atom is 0.416 e. The number of alkyl halides is 3. The second kappa shape index (κ2) is 5.55. The summed E-state index contributed by atoms with van der Waals surface area (Å²) >= 11 is 0. The summed E-state index contributed by atoms with van der Waals surface area (Å²) in [5, 5.41) is 8.80. The van der Waals surface area contributed by atoms with Crippen LogP contribution in [0.4, 0.5) is 18.9 Å². The normalized spacial score (nSPS) is 13.5. The molecule has 0 amide bonds. The smallest absolute Gasteiger partial charge is 0.416 e. The van der Waals surface area contributed by atoms with Crippen molar-refractivity contribution in [3.63, 3.8) is 0 Å². The minimum absolute atomic E-state index is 0.00734. The number of rotatable bonds is 3. The van der Waals surface area contributed by atoms with Gasteiger partial charge in [-0.05, 0) is 25.1 Å². The molecule has 0 aliphatic rings. The molecule has 0 saturated heterocycles. The lowest BCUT2D eigenvalue weighted by molar-refractivity contribution is -0.137. The van der Waals surface area contributed by atoms with E-state index in [0.717, 1.165) is 18.3 Å². The van der Waals surface area contributed by atoms with Gasteiger partial charge in [-0.25, -0.2) is 4.79 Å². The van der Waals surface area contributed by atoms with E-state index in [1.807, 2.05) is 0 Å². The Morgan fingerprint density at radius 2 is 2.05 bits per heavy atom.